The minimum Gasteiger partial charge on any atom is -0.354 e. The minimum atomic E-state index is -0.235. The molecule has 1 aromatic carbocycles. The molecular formula is C15H18ClFN4. The average molecular weight is 309 g/mol. The lowest BCUT2D eigenvalue weighted by molar-refractivity contribution is 0.626. The van der Waals surface area contributed by atoms with Crippen LogP contribution in [0.3, 0.4) is 0 Å². The number of hydrogen-bond acceptors (Lipinski definition) is 4. The highest BCUT2D eigenvalue weighted by atomic mass is 35.5. The van der Waals surface area contributed by atoms with E-state index in [2.05, 4.69) is 20.6 Å². The van der Waals surface area contributed by atoms with Crippen molar-refractivity contribution in [3.8, 4) is 11.3 Å². The van der Waals surface area contributed by atoms with E-state index in [1.54, 1.807) is 12.1 Å². The van der Waals surface area contributed by atoms with Gasteiger partial charge in [0, 0.05) is 37.2 Å². The molecule has 0 atom stereocenters. The molecule has 1 aliphatic heterocycles. The molecule has 0 saturated carbocycles. The molecule has 3 rings (SSSR count). The van der Waals surface area contributed by atoms with Crippen LogP contribution < -0.4 is 10.6 Å². The summed E-state index contributed by atoms with van der Waals surface area (Å²) in [5.74, 6) is 0.411. The van der Waals surface area contributed by atoms with Gasteiger partial charge in [0.25, 0.3) is 0 Å². The maximum Gasteiger partial charge on any atom is 0.223 e. The molecule has 6 heteroatoms. The third kappa shape index (κ3) is 3.31. The van der Waals surface area contributed by atoms with Crippen molar-refractivity contribution in [2.45, 2.75) is 19.9 Å². The van der Waals surface area contributed by atoms with Crippen LogP contribution in [0.15, 0.2) is 24.3 Å². The quantitative estimate of drug-likeness (QED) is 0.915. The number of halogens is 2. The van der Waals surface area contributed by atoms with Crippen LogP contribution >= 0.6 is 12.4 Å². The summed E-state index contributed by atoms with van der Waals surface area (Å²) in [6.45, 7) is 4.48. The SMILES string of the molecule is CCNc1nc2c(c(-c3ccc(F)cc3)n1)CNCC2.Cl. The zero-order valence-corrected chi connectivity index (χ0v) is 12.6. The zero-order chi connectivity index (χ0) is 13.9. The van der Waals surface area contributed by atoms with E-state index in [9.17, 15) is 4.39 Å². The second-order valence-corrected chi connectivity index (χ2v) is 4.79. The van der Waals surface area contributed by atoms with E-state index in [1.807, 2.05) is 6.92 Å². The fourth-order valence-electron chi connectivity index (χ4n) is 2.43. The fourth-order valence-corrected chi connectivity index (χ4v) is 2.43. The Labute approximate surface area is 129 Å². The fraction of sp³-hybridized carbons (Fsp3) is 0.333. The van der Waals surface area contributed by atoms with Crippen molar-refractivity contribution in [2.24, 2.45) is 0 Å². The summed E-state index contributed by atoms with van der Waals surface area (Å²) in [4.78, 5) is 9.16. The van der Waals surface area contributed by atoms with E-state index in [-0.39, 0.29) is 18.2 Å². The summed E-state index contributed by atoms with van der Waals surface area (Å²) in [5.41, 5.74) is 4.00. The van der Waals surface area contributed by atoms with E-state index in [0.29, 0.717) is 5.95 Å². The monoisotopic (exact) mass is 308 g/mol. The number of fused-ring (bicyclic) bond motifs is 1. The number of nitrogens with one attached hydrogen (secondary N) is 2. The van der Waals surface area contributed by atoms with Crippen molar-refractivity contribution >= 4 is 18.4 Å². The molecule has 0 saturated heterocycles. The standard InChI is InChI=1S/C15H17FN4.ClH/c1-2-18-15-19-13-7-8-17-9-12(13)14(20-15)10-3-5-11(16)6-4-10;/h3-6,17H,2,7-9H2,1H3,(H,18,19,20);1H. The van der Waals surface area contributed by atoms with Crippen LogP contribution in [0.1, 0.15) is 18.2 Å². The van der Waals surface area contributed by atoms with E-state index in [4.69, 9.17) is 0 Å². The summed E-state index contributed by atoms with van der Waals surface area (Å²) in [6, 6.07) is 6.46. The summed E-state index contributed by atoms with van der Waals surface area (Å²) >= 11 is 0. The van der Waals surface area contributed by atoms with E-state index < -0.39 is 0 Å². The highest BCUT2D eigenvalue weighted by Crippen LogP contribution is 2.27. The van der Waals surface area contributed by atoms with Gasteiger partial charge in [0.15, 0.2) is 0 Å². The first kappa shape index (κ1) is 15.7. The Bertz CT molecular complexity index is 616. The number of hydrogen-bond donors (Lipinski definition) is 2. The molecule has 0 fully saturated rings. The number of rotatable bonds is 3. The van der Waals surface area contributed by atoms with Crippen molar-refractivity contribution in [1.29, 1.82) is 0 Å². The third-order valence-electron chi connectivity index (χ3n) is 3.39. The Morgan fingerprint density at radius 3 is 2.71 bits per heavy atom. The molecule has 0 amide bonds. The van der Waals surface area contributed by atoms with Crippen LogP contribution in [0.5, 0.6) is 0 Å². The van der Waals surface area contributed by atoms with Gasteiger partial charge in [-0.25, -0.2) is 14.4 Å². The molecular weight excluding hydrogens is 291 g/mol. The third-order valence-corrected chi connectivity index (χ3v) is 3.39. The van der Waals surface area contributed by atoms with Gasteiger partial charge in [-0.15, -0.1) is 12.4 Å². The van der Waals surface area contributed by atoms with Gasteiger partial charge < -0.3 is 10.6 Å². The molecule has 112 valence electrons. The zero-order valence-electron chi connectivity index (χ0n) is 11.8. The Balaban J connectivity index is 0.00000161. The molecule has 0 spiro atoms. The molecule has 0 radical (unpaired) electrons. The van der Waals surface area contributed by atoms with Crippen molar-refractivity contribution in [3.63, 3.8) is 0 Å². The van der Waals surface area contributed by atoms with Crippen molar-refractivity contribution in [1.82, 2.24) is 15.3 Å². The van der Waals surface area contributed by atoms with Gasteiger partial charge in [-0.2, -0.15) is 0 Å². The van der Waals surface area contributed by atoms with Crippen LogP contribution in [0.25, 0.3) is 11.3 Å². The van der Waals surface area contributed by atoms with Gasteiger partial charge in [0.1, 0.15) is 5.82 Å². The molecule has 1 aliphatic rings. The van der Waals surface area contributed by atoms with Gasteiger partial charge in [-0.05, 0) is 31.2 Å². The van der Waals surface area contributed by atoms with Crippen LogP contribution in [-0.4, -0.2) is 23.1 Å². The van der Waals surface area contributed by atoms with Crippen LogP contribution in [0.2, 0.25) is 0 Å². The highest BCUT2D eigenvalue weighted by Gasteiger charge is 2.18. The second-order valence-electron chi connectivity index (χ2n) is 4.79. The van der Waals surface area contributed by atoms with Crippen LogP contribution in [0, 0.1) is 5.82 Å². The lowest BCUT2D eigenvalue weighted by Crippen LogP contribution is -2.26. The predicted molar refractivity (Wildman–Crippen MR) is 84.2 cm³/mol. The lowest BCUT2D eigenvalue weighted by atomic mass is 10.0. The maximum atomic E-state index is 13.1. The molecule has 21 heavy (non-hydrogen) atoms. The number of anilines is 1. The molecule has 4 nitrogen and oxygen atoms in total. The average Bonchev–Trinajstić information content (AvgIpc) is 2.48. The lowest BCUT2D eigenvalue weighted by Gasteiger charge is -2.20. The first-order valence-electron chi connectivity index (χ1n) is 6.88. The number of benzene rings is 1. The van der Waals surface area contributed by atoms with Gasteiger partial charge in [0.05, 0.1) is 11.4 Å². The maximum absolute atomic E-state index is 13.1. The van der Waals surface area contributed by atoms with E-state index >= 15 is 0 Å². The van der Waals surface area contributed by atoms with Crippen molar-refractivity contribution < 1.29 is 4.39 Å². The Kier molecular flexibility index (Phi) is 5.09. The predicted octanol–water partition coefficient (Wildman–Crippen LogP) is 2.78. The molecule has 1 aromatic heterocycles. The Hall–Kier alpha value is -1.72. The minimum absolute atomic E-state index is 0. The van der Waals surface area contributed by atoms with E-state index in [1.165, 1.54) is 12.1 Å². The summed E-state index contributed by atoms with van der Waals surface area (Å²) in [5, 5.41) is 6.50. The second kappa shape index (κ2) is 6.83. The van der Waals surface area contributed by atoms with Gasteiger partial charge in [-0.1, -0.05) is 0 Å². The topological polar surface area (TPSA) is 49.8 Å². The Morgan fingerprint density at radius 1 is 1.24 bits per heavy atom. The molecule has 0 aliphatic carbocycles. The summed E-state index contributed by atoms with van der Waals surface area (Å²) < 4.78 is 13.1. The molecule has 2 N–H and O–H groups in total. The molecule has 0 bridgehead atoms. The summed E-state index contributed by atoms with van der Waals surface area (Å²) in [6.07, 6.45) is 0.893. The van der Waals surface area contributed by atoms with E-state index in [0.717, 1.165) is 48.6 Å². The van der Waals surface area contributed by atoms with Crippen LogP contribution in [0.4, 0.5) is 10.3 Å². The number of aromatic nitrogens is 2. The normalized spacial score (nSPS) is 13.2. The smallest absolute Gasteiger partial charge is 0.223 e. The molecule has 2 heterocycles. The molecule has 0 unspecified atom stereocenters. The van der Waals surface area contributed by atoms with Crippen molar-refractivity contribution in [2.75, 3.05) is 18.4 Å². The highest BCUT2D eigenvalue weighted by molar-refractivity contribution is 5.85. The van der Waals surface area contributed by atoms with Gasteiger partial charge in [-0.3, -0.25) is 0 Å². The Morgan fingerprint density at radius 2 is 2.00 bits per heavy atom. The summed E-state index contributed by atoms with van der Waals surface area (Å²) in [7, 11) is 0. The largest absolute Gasteiger partial charge is 0.354 e. The first-order valence-corrected chi connectivity index (χ1v) is 6.88. The first-order chi connectivity index (χ1) is 9.78. The van der Waals surface area contributed by atoms with Gasteiger partial charge in [0.2, 0.25) is 5.95 Å². The molecule has 2 aromatic rings. The van der Waals surface area contributed by atoms with Crippen molar-refractivity contribution in [3.05, 3.63) is 41.3 Å². The van der Waals surface area contributed by atoms with Crippen LogP contribution in [-0.2, 0) is 13.0 Å². The van der Waals surface area contributed by atoms with Gasteiger partial charge >= 0.3 is 0 Å². The number of nitrogens with zero attached hydrogens (tertiary/aromatic N) is 2.